The smallest absolute Gasteiger partial charge is 0.243 e. The zero-order valence-electron chi connectivity index (χ0n) is 25.1. The molecule has 8 heteroatoms. The molecule has 41 heavy (non-hydrogen) atoms. The second-order valence-electron chi connectivity index (χ2n) is 11.0. The Balaban J connectivity index is 1.90. The minimum atomic E-state index is -3.57. The van der Waals surface area contributed by atoms with Crippen molar-refractivity contribution in [1.29, 1.82) is 0 Å². The van der Waals surface area contributed by atoms with Gasteiger partial charge < -0.3 is 10.2 Å². The first-order valence-corrected chi connectivity index (χ1v) is 15.9. The summed E-state index contributed by atoms with van der Waals surface area (Å²) in [4.78, 5) is 29.1. The molecule has 0 spiro atoms. The lowest BCUT2D eigenvalue weighted by atomic mass is 10.0. The van der Waals surface area contributed by atoms with Crippen molar-refractivity contribution in [1.82, 2.24) is 10.2 Å². The molecule has 0 aliphatic rings. The number of hydrogen-bond acceptors (Lipinski definition) is 4. The molecular formula is C33H43N3O4S. The number of carbonyl (C=O) groups excluding carboxylic acids is 2. The Morgan fingerprint density at radius 1 is 0.878 bits per heavy atom. The highest BCUT2D eigenvalue weighted by Gasteiger charge is 2.31. The number of rotatable bonds is 13. The third kappa shape index (κ3) is 9.18. The Morgan fingerprint density at radius 2 is 1.54 bits per heavy atom. The van der Waals surface area contributed by atoms with Crippen molar-refractivity contribution in [2.45, 2.75) is 72.5 Å². The van der Waals surface area contributed by atoms with Gasteiger partial charge in [0.1, 0.15) is 6.04 Å². The second kappa shape index (κ2) is 14.3. The van der Waals surface area contributed by atoms with Gasteiger partial charge in [-0.1, -0.05) is 72.3 Å². The zero-order chi connectivity index (χ0) is 30.2. The van der Waals surface area contributed by atoms with Crippen molar-refractivity contribution in [3.05, 3.63) is 101 Å². The Bertz CT molecular complexity index is 1440. The van der Waals surface area contributed by atoms with E-state index < -0.39 is 16.1 Å². The molecule has 3 aromatic carbocycles. The monoisotopic (exact) mass is 577 g/mol. The highest BCUT2D eigenvalue weighted by Crippen LogP contribution is 2.26. The Morgan fingerprint density at radius 3 is 2.17 bits per heavy atom. The molecule has 0 radical (unpaired) electrons. The second-order valence-corrected chi connectivity index (χ2v) is 12.9. The number of benzene rings is 3. The van der Waals surface area contributed by atoms with Crippen molar-refractivity contribution in [3.8, 4) is 0 Å². The highest BCUT2D eigenvalue weighted by atomic mass is 32.2. The first kappa shape index (κ1) is 31.9. The van der Waals surface area contributed by atoms with Gasteiger partial charge in [-0.15, -0.1) is 0 Å². The summed E-state index contributed by atoms with van der Waals surface area (Å²) in [5, 5.41) is 3.00. The summed E-state index contributed by atoms with van der Waals surface area (Å²) < 4.78 is 26.9. The van der Waals surface area contributed by atoms with Crippen LogP contribution in [0, 0.1) is 20.8 Å². The van der Waals surface area contributed by atoms with E-state index in [1.807, 2.05) is 101 Å². The van der Waals surface area contributed by atoms with Gasteiger partial charge in [-0.3, -0.25) is 13.9 Å². The van der Waals surface area contributed by atoms with Crippen LogP contribution in [-0.2, 0) is 32.6 Å². The molecule has 0 unspecified atom stereocenters. The maximum atomic E-state index is 13.9. The average Bonchev–Trinajstić information content (AvgIpc) is 2.90. The minimum Gasteiger partial charge on any atom is -0.352 e. The van der Waals surface area contributed by atoms with Crippen molar-refractivity contribution in [3.63, 3.8) is 0 Å². The first-order chi connectivity index (χ1) is 19.4. The molecule has 3 aromatic rings. The summed E-state index contributed by atoms with van der Waals surface area (Å²) in [5.74, 6) is -0.404. The molecule has 2 amide bonds. The SMILES string of the molecule is Cc1cccc(CN(C(=O)CCCN(c2cccc(C)c2C)S(C)(=O)=O)[C@@H](Cc2ccccc2)C(=O)NC(C)C)c1. The van der Waals surface area contributed by atoms with Crippen LogP contribution in [0.2, 0.25) is 0 Å². The van der Waals surface area contributed by atoms with E-state index in [1.54, 1.807) is 11.0 Å². The normalized spacial score (nSPS) is 12.2. The van der Waals surface area contributed by atoms with Gasteiger partial charge in [-0.25, -0.2) is 8.42 Å². The molecule has 0 aliphatic carbocycles. The van der Waals surface area contributed by atoms with Gasteiger partial charge in [0.25, 0.3) is 0 Å². The van der Waals surface area contributed by atoms with Gasteiger partial charge in [0.15, 0.2) is 0 Å². The molecule has 220 valence electrons. The number of carbonyl (C=O) groups is 2. The molecule has 1 N–H and O–H groups in total. The summed E-state index contributed by atoms with van der Waals surface area (Å²) >= 11 is 0. The van der Waals surface area contributed by atoms with Gasteiger partial charge in [-0.2, -0.15) is 0 Å². The van der Waals surface area contributed by atoms with Gasteiger partial charge in [-0.05, 0) is 69.4 Å². The standard InChI is InChI=1S/C33H43N3O4S/c1-24(2)34-33(38)31(22-28-15-8-7-9-16-28)35(23-29-17-10-13-25(3)21-29)32(37)19-12-20-36(41(6,39)40)30-18-11-14-26(4)27(30)5/h7-11,13-18,21,24,31H,12,19-20,22-23H2,1-6H3,(H,34,38)/t31-/m0/s1. The number of amides is 2. The van der Waals surface area contributed by atoms with E-state index in [0.29, 0.717) is 18.5 Å². The van der Waals surface area contributed by atoms with Crippen LogP contribution < -0.4 is 9.62 Å². The summed E-state index contributed by atoms with van der Waals surface area (Å²) in [6, 6.07) is 22.4. The Labute approximate surface area is 245 Å². The van der Waals surface area contributed by atoms with E-state index in [2.05, 4.69) is 5.32 Å². The fourth-order valence-electron chi connectivity index (χ4n) is 4.93. The fraction of sp³-hybridized carbons (Fsp3) is 0.394. The van der Waals surface area contributed by atoms with Crippen LogP contribution in [0.15, 0.2) is 72.8 Å². The quantitative estimate of drug-likeness (QED) is 0.298. The van der Waals surface area contributed by atoms with Crippen LogP contribution >= 0.6 is 0 Å². The van der Waals surface area contributed by atoms with E-state index in [0.717, 1.165) is 27.8 Å². The largest absolute Gasteiger partial charge is 0.352 e. The summed E-state index contributed by atoms with van der Waals surface area (Å²) in [6.07, 6.45) is 1.97. The highest BCUT2D eigenvalue weighted by molar-refractivity contribution is 7.92. The topological polar surface area (TPSA) is 86.8 Å². The van der Waals surface area contributed by atoms with Gasteiger partial charge in [0, 0.05) is 32.0 Å². The number of nitrogens with one attached hydrogen (secondary N) is 1. The molecule has 0 heterocycles. The Hall–Kier alpha value is -3.65. The lowest BCUT2D eigenvalue weighted by Crippen LogP contribution is -2.51. The number of hydrogen-bond donors (Lipinski definition) is 1. The van der Waals surface area contributed by atoms with Crippen LogP contribution in [0.3, 0.4) is 0 Å². The van der Waals surface area contributed by atoms with Crippen LogP contribution in [0.25, 0.3) is 0 Å². The number of sulfonamides is 1. The van der Waals surface area contributed by atoms with E-state index >= 15 is 0 Å². The predicted octanol–water partition coefficient (Wildman–Crippen LogP) is 5.32. The number of anilines is 1. The van der Waals surface area contributed by atoms with E-state index in [-0.39, 0.29) is 37.4 Å². The fourth-order valence-corrected chi connectivity index (χ4v) is 5.95. The number of nitrogens with zero attached hydrogens (tertiary/aromatic N) is 2. The molecule has 0 fully saturated rings. The molecule has 0 aliphatic heterocycles. The summed E-state index contributed by atoms with van der Waals surface area (Å²) in [6.45, 7) is 10.1. The van der Waals surface area contributed by atoms with Gasteiger partial charge >= 0.3 is 0 Å². The maximum absolute atomic E-state index is 13.9. The van der Waals surface area contributed by atoms with E-state index in [9.17, 15) is 18.0 Å². The van der Waals surface area contributed by atoms with Crippen molar-refractivity contribution < 1.29 is 18.0 Å². The lowest BCUT2D eigenvalue weighted by Gasteiger charge is -2.32. The summed E-state index contributed by atoms with van der Waals surface area (Å²) in [5.41, 5.74) is 5.46. The third-order valence-electron chi connectivity index (χ3n) is 7.13. The maximum Gasteiger partial charge on any atom is 0.243 e. The predicted molar refractivity (Wildman–Crippen MR) is 166 cm³/mol. The third-order valence-corrected chi connectivity index (χ3v) is 8.31. The van der Waals surface area contributed by atoms with Crippen molar-refractivity contribution in [2.24, 2.45) is 0 Å². The van der Waals surface area contributed by atoms with Gasteiger partial charge in [0.05, 0.1) is 11.9 Å². The molecular weight excluding hydrogens is 534 g/mol. The first-order valence-electron chi connectivity index (χ1n) is 14.1. The van der Waals surface area contributed by atoms with Crippen LogP contribution in [0.4, 0.5) is 5.69 Å². The molecule has 1 atom stereocenters. The van der Waals surface area contributed by atoms with Crippen LogP contribution in [-0.4, -0.2) is 50.0 Å². The van der Waals surface area contributed by atoms with Crippen LogP contribution in [0.1, 0.15) is 54.5 Å². The molecule has 7 nitrogen and oxygen atoms in total. The molecule has 3 rings (SSSR count). The van der Waals surface area contributed by atoms with E-state index in [4.69, 9.17) is 0 Å². The molecule has 0 bridgehead atoms. The number of aryl methyl sites for hydroxylation is 2. The van der Waals surface area contributed by atoms with Crippen molar-refractivity contribution >= 4 is 27.5 Å². The average molecular weight is 578 g/mol. The zero-order valence-corrected chi connectivity index (χ0v) is 25.9. The van der Waals surface area contributed by atoms with Crippen LogP contribution in [0.5, 0.6) is 0 Å². The van der Waals surface area contributed by atoms with E-state index in [1.165, 1.54) is 10.6 Å². The lowest BCUT2D eigenvalue weighted by molar-refractivity contribution is -0.141. The molecule has 0 saturated heterocycles. The summed E-state index contributed by atoms with van der Waals surface area (Å²) in [7, 11) is -3.57. The van der Waals surface area contributed by atoms with Gasteiger partial charge in [0.2, 0.25) is 21.8 Å². The van der Waals surface area contributed by atoms with Crippen molar-refractivity contribution in [2.75, 3.05) is 17.1 Å². The minimum absolute atomic E-state index is 0.0856. The Kier molecular flexibility index (Phi) is 11.1. The molecule has 0 aromatic heterocycles. The molecule has 0 saturated carbocycles.